The van der Waals surface area contributed by atoms with Gasteiger partial charge < -0.3 is 5.11 Å². The highest BCUT2D eigenvalue weighted by atomic mass is 32.2. The molecule has 2 heteroatoms. The molecule has 0 saturated carbocycles. The van der Waals surface area contributed by atoms with E-state index in [0.29, 0.717) is 5.75 Å². The molecule has 0 fully saturated rings. The molecular formula is C11H16OS. The first-order valence-corrected chi connectivity index (χ1v) is 5.74. The van der Waals surface area contributed by atoms with Gasteiger partial charge in [0.1, 0.15) is 5.75 Å². The highest BCUT2D eigenvalue weighted by molar-refractivity contribution is 7.99. The fourth-order valence-corrected chi connectivity index (χ4v) is 2.07. The summed E-state index contributed by atoms with van der Waals surface area (Å²) in [6, 6.07) is 7.52. The average Bonchev–Trinajstić information content (AvgIpc) is 2.15. The summed E-state index contributed by atoms with van der Waals surface area (Å²) in [5.41, 5.74) is 0. The minimum absolute atomic E-state index is 0.406. The molecule has 0 spiro atoms. The summed E-state index contributed by atoms with van der Waals surface area (Å²) >= 11 is 1.74. The summed E-state index contributed by atoms with van der Waals surface area (Å²) in [5.74, 6) is 1.51. The normalized spacial score (nSPS) is 10.2. The van der Waals surface area contributed by atoms with Crippen molar-refractivity contribution in [1.82, 2.24) is 0 Å². The van der Waals surface area contributed by atoms with Crippen molar-refractivity contribution in [3.8, 4) is 5.75 Å². The summed E-state index contributed by atoms with van der Waals surface area (Å²) in [6.07, 6.45) is 3.76. The molecular weight excluding hydrogens is 180 g/mol. The molecule has 0 heterocycles. The predicted molar refractivity (Wildman–Crippen MR) is 58.4 cm³/mol. The first-order chi connectivity index (χ1) is 6.34. The quantitative estimate of drug-likeness (QED) is 0.572. The lowest BCUT2D eigenvalue weighted by Gasteiger charge is -2.02. The van der Waals surface area contributed by atoms with Crippen LogP contribution in [-0.2, 0) is 0 Å². The molecule has 1 aromatic carbocycles. The number of hydrogen-bond donors (Lipinski definition) is 1. The van der Waals surface area contributed by atoms with Gasteiger partial charge in [-0.25, -0.2) is 0 Å². The standard InChI is InChI=1S/C11H16OS/c1-2-3-6-9-13-11-8-5-4-7-10(11)12/h4-5,7-8,12H,2-3,6,9H2,1H3. The van der Waals surface area contributed by atoms with Crippen LogP contribution in [-0.4, -0.2) is 10.9 Å². The van der Waals surface area contributed by atoms with Crippen molar-refractivity contribution in [2.24, 2.45) is 0 Å². The second kappa shape index (κ2) is 5.92. The molecule has 0 unspecified atom stereocenters. The Labute approximate surface area is 84.2 Å². The largest absolute Gasteiger partial charge is 0.507 e. The molecule has 0 aliphatic rings. The van der Waals surface area contributed by atoms with Gasteiger partial charge in [0.2, 0.25) is 0 Å². The van der Waals surface area contributed by atoms with E-state index in [1.165, 1.54) is 19.3 Å². The zero-order valence-electron chi connectivity index (χ0n) is 7.99. The molecule has 0 amide bonds. The molecule has 0 atom stereocenters. The third-order valence-corrected chi connectivity index (χ3v) is 3.02. The van der Waals surface area contributed by atoms with Crippen molar-refractivity contribution in [2.75, 3.05) is 5.75 Å². The number of thioether (sulfide) groups is 1. The Balaban J connectivity index is 2.32. The SMILES string of the molecule is CCCCCSc1ccccc1O. The third kappa shape index (κ3) is 3.73. The molecule has 1 aromatic rings. The average molecular weight is 196 g/mol. The molecule has 0 aliphatic carbocycles. The van der Waals surface area contributed by atoms with E-state index in [9.17, 15) is 5.11 Å². The van der Waals surface area contributed by atoms with Gasteiger partial charge in [0, 0.05) is 4.90 Å². The maximum Gasteiger partial charge on any atom is 0.129 e. The van der Waals surface area contributed by atoms with Crippen LogP contribution in [0.5, 0.6) is 5.75 Å². The molecule has 0 aliphatic heterocycles. The van der Waals surface area contributed by atoms with Crippen LogP contribution in [0.25, 0.3) is 0 Å². The van der Waals surface area contributed by atoms with Gasteiger partial charge in [0.05, 0.1) is 0 Å². The van der Waals surface area contributed by atoms with Gasteiger partial charge >= 0.3 is 0 Å². The number of para-hydroxylation sites is 1. The van der Waals surface area contributed by atoms with Crippen molar-refractivity contribution >= 4 is 11.8 Å². The summed E-state index contributed by atoms with van der Waals surface area (Å²) in [4.78, 5) is 0.999. The van der Waals surface area contributed by atoms with Crippen LogP contribution in [0.2, 0.25) is 0 Å². The Morgan fingerprint density at radius 1 is 1.23 bits per heavy atom. The summed E-state index contributed by atoms with van der Waals surface area (Å²) in [7, 11) is 0. The Morgan fingerprint density at radius 2 is 2.00 bits per heavy atom. The highest BCUT2D eigenvalue weighted by Gasteiger charge is 1.98. The van der Waals surface area contributed by atoms with E-state index in [-0.39, 0.29) is 0 Å². The van der Waals surface area contributed by atoms with Crippen LogP contribution in [0.1, 0.15) is 26.2 Å². The predicted octanol–water partition coefficient (Wildman–Crippen LogP) is 3.67. The van der Waals surface area contributed by atoms with Crippen LogP contribution < -0.4 is 0 Å². The van der Waals surface area contributed by atoms with Crippen LogP contribution in [0.4, 0.5) is 0 Å². The molecule has 1 N–H and O–H groups in total. The number of aromatic hydroxyl groups is 1. The van der Waals surface area contributed by atoms with Gasteiger partial charge in [-0.05, 0) is 24.3 Å². The summed E-state index contributed by atoms with van der Waals surface area (Å²) in [6.45, 7) is 2.20. The van der Waals surface area contributed by atoms with Crippen LogP contribution in [0, 0.1) is 0 Å². The number of hydrogen-bond acceptors (Lipinski definition) is 2. The fraction of sp³-hybridized carbons (Fsp3) is 0.455. The first kappa shape index (κ1) is 10.5. The maximum absolute atomic E-state index is 9.45. The Bertz CT molecular complexity index is 248. The Hall–Kier alpha value is -0.630. The first-order valence-electron chi connectivity index (χ1n) is 4.75. The third-order valence-electron chi connectivity index (χ3n) is 1.87. The fourth-order valence-electron chi connectivity index (χ4n) is 1.11. The lowest BCUT2D eigenvalue weighted by Crippen LogP contribution is -1.80. The monoisotopic (exact) mass is 196 g/mol. The lowest BCUT2D eigenvalue weighted by atomic mass is 10.3. The van der Waals surface area contributed by atoms with E-state index in [1.54, 1.807) is 17.8 Å². The van der Waals surface area contributed by atoms with Crippen molar-refractivity contribution in [1.29, 1.82) is 0 Å². The zero-order chi connectivity index (χ0) is 9.52. The topological polar surface area (TPSA) is 20.2 Å². The van der Waals surface area contributed by atoms with Gasteiger partial charge in [-0.3, -0.25) is 0 Å². The van der Waals surface area contributed by atoms with Crippen LogP contribution >= 0.6 is 11.8 Å². The van der Waals surface area contributed by atoms with Gasteiger partial charge in [0.25, 0.3) is 0 Å². The van der Waals surface area contributed by atoms with Crippen LogP contribution in [0.15, 0.2) is 29.2 Å². The van der Waals surface area contributed by atoms with E-state index in [0.717, 1.165) is 10.6 Å². The van der Waals surface area contributed by atoms with E-state index >= 15 is 0 Å². The second-order valence-electron chi connectivity index (χ2n) is 3.02. The molecule has 72 valence electrons. The Morgan fingerprint density at radius 3 is 2.69 bits per heavy atom. The van der Waals surface area contributed by atoms with Gasteiger partial charge in [-0.15, -0.1) is 11.8 Å². The highest BCUT2D eigenvalue weighted by Crippen LogP contribution is 2.28. The number of phenols is 1. The molecule has 0 saturated heterocycles. The summed E-state index contributed by atoms with van der Waals surface area (Å²) < 4.78 is 0. The van der Waals surface area contributed by atoms with Crippen molar-refractivity contribution in [3.05, 3.63) is 24.3 Å². The van der Waals surface area contributed by atoms with E-state index < -0.39 is 0 Å². The van der Waals surface area contributed by atoms with Gasteiger partial charge in [-0.1, -0.05) is 31.9 Å². The van der Waals surface area contributed by atoms with Crippen molar-refractivity contribution in [3.63, 3.8) is 0 Å². The van der Waals surface area contributed by atoms with Gasteiger partial charge in [-0.2, -0.15) is 0 Å². The van der Waals surface area contributed by atoms with Gasteiger partial charge in [0.15, 0.2) is 0 Å². The molecule has 1 nitrogen and oxygen atoms in total. The number of phenolic OH excluding ortho intramolecular Hbond substituents is 1. The van der Waals surface area contributed by atoms with Crippen molar-refractivity contribution in [2.45, 2.75) is 31.1 Å². The minimum Gasteiger partial charge on any atom is -0.507 e. The summed E-state index contributed by atoms with van der Waals surface area (Å²) in [5, 5.41) is 9.45. The number of rotatable bonds is 5. The number of benzene rings is 1. The lowest BCUT2D eigenvalue weighted by molar-refractivity contribution is 0.462. The molecule has 13 heavy (non-hydrogen) atoms. The van der Waals surface area contributed by atoms with Crippen molar-refractivity contribution < 1.29 is 5.11 Å². The molecule has 0 aromatic heterocycles. The molecule has 1 rings (SSSR count). The minimum atomic E-state index is 0.406. The van der Waals surface area contributed by atoms with E-state index in [4.69, 9.17) is 0 Å². The molecule has 0 radical (unpaired) electrons. The zero-order valence-corrected chi connectivity index (χ0v) is 8.81. The number of unbranched alkanes of at least 4 members (excludes halogenated alkanes) is 2. The van der Waals surface area contributed by atoms with E-state index in [1.807, 2.05) is 18.2 Å². The smallest absolute Gasteiger partial charge is 0.129 e. The maximum atomic E-state index is 9.45. The van der Waals surface area contributed by atoms with E-state index in [2.05, 4.69) is 6.92 Å². The molecule has 0 bridgehead atoms. The van der Waals surface area contributed by atoms with Crippen LogP contribution in [0.3, 0.4) is 0 Å². The second-order valence-corrected chi connectivity index (χ2v) is 4.16. The Kier molecular flexibility index (Phi) is 4.76.